The number of hydrogen-bond donors (Lipinski definition) is 2. The highest BCUT2D eigenvalue weighted by Gasteiger charge is 2.31. The van der Waals surface area contributed by atoms with E-state index in [1.54, 1.807) is 12.1 Å². The second-order valence-corrected chi connectivity index (χ2v) is 7.24. The summed E-state index contributed by atoms with van der Waals surface area (Å²) in [5.41, 5.74) is 3.28. The number of benzene rings is 1. The number of furan rings is 1. The smallest absolute Gasteiger partial charge is 0.234 e. The van der Waals surface area contributed by atoms with Crippen LogP contribution in [0, 0.1) is 25.2 Å². The molecule has 0 aliphatic carbocycles. The van der Waals surface area contributed by atoms with Crippen LogP contribution in [0.1, 0.15) is 29.2 Å². The molecule has 1 aromatic heterocycles. The van der Waals surface area contributed by atoms with Gasteiger partial charge in [0, 0.05) is 12.1 Å². The van der Waals surface area contributed by atoms with Gasteiger partial charge in [-0.2, -0.15) is 5.26 Å². The van der Waals surface area contributed by atoms with Crippen LogP contribution in [-0.4, -0.2) is 17.6 Å². The number of carbonyl (C=O) groups excluding carboxylic acids is 2. The van der Waals surface area contributed by atoms with Crippen LogP contribution in [0.4, 0.5) is 5.69 Å². The first-order valence-electron chi connectivity index (χ1n) is 8.46. The fourth-order valence-corrected chi connectivity index (χ4v) is 3.75. The fourth-order valence-electron chi connectivity index (χ4n) is 2.88. The molecule has 0 unspecified atom stereocenters. The Bertz CT molecular complexity index is 942. The van der Waals surface area contributed by atoms with Gasteiger partial charge in [-0.15, -0.1) is 0 Å². The number of anilines is 1. The number of thioether (sulfide) groups is 1. The van der Waals surface area contributed by atoms with Gasteiger partial charge in [-0.25, -0.2) is 0 Å². The van der Waals surface area contributed by atoms with Gasteiger partial charge in [-0.05, 0) is 43.2 Å². The van der Waals surface area contributed by atoms with Crippen molar-refractivity contribution in [3.05, 3.63) is 64.1 Å². The van der Waals surface area contributed by atoms with E-state index in [1.807, 2.05) is 32.0 Å². The number of rotatable bonds is 5. The third-order valence-corrected chi connectivity index (χ3v) is 5.49. The van der Waals surface area contributed by atoms with E-state index < -0.39 is 5.92 Å². The van der Waals surface area contributed by atoms with Crippen molar-refractivity contribution in [2.24, 2.45) is 0 Å². The summed E-state index contributed by atoms with van der Waals surface area (Å²) < 4.78 is 5.38. The van der Waals surface area contributed by atoms with Crippen molar-refractivity contribution in [2.45, 2.75) is 26.2 Å². The summed E-state index contributed by atoms with van der Waals surface area (Å²) >= 11 is 1.14. The number of nitrogens with one attached hydrogen (secondary N) is 2. The molecule has 3 rings (SSSR count). The molecular weight excluding hydrogens is 362 g/mol. The lowest BCUT2D eigenvalue weighted by Crippen LogP contribution is -2.31. The number of allylic oxidation sites excluding steroid dienone is 1. The summed E-state index contributed by atoms with van der Waals surface area (Å²) in [4.78, 5) is 24.4. The summed E-state index contributed by atoms with van der Waals surface area (Å²) in [6.45, 7) is 3.93. The molecule has 2 N–H and O–H groups in total. The van der Waals surface area contributed by atoms with Gasteiger partial charge in [0.25, 0.3) is 0 Å². The molecule has 0 radical (unpaired) electrons. The average Bonchev–Trinajstić information content (AvgIpc) is 3.18. The van der Waals surface area contributed by atoms with Crippen molar-refractivity contribution in [3.8, 4) is 6.07 Å². The van der Waals surface area contributed by atoms with Crippen molar-refractivity contribution < 1.29 is 14.0 Å². The molecule has 7 heteroatoms. The van der Waals surface area contributed by atoms with Crippen LogP contribution in [0.2, 0.25) is 0 Å². The van der Waals surface area contributed by atoms with Crippen LogP contribution in [0.5, 0.6) is 0 Å². The van der Waals surface area contributed by atoms with E-state index in [9.17, 15) is 14.9 Å². The first-order chi connectivity index (χ1) is 13.0. The molecule has 0 fully saturated rings. The van der Waals surface area contributed by atoms with Gasteiger partial charge in [-0.3, -0.25) is 9.59 Å². The molecule has 6 nitrogen and oxygen atoms in total. The zero-order valence-electron chi connectivity index (χ0n) is 15.0. The predicted molar refractivity (Wildman–Crippen MR) is 104 cm³/mol. The van der Waals surface area contributed by atoms with Crippen molar-refractivity contribution in [1.82, 2.24) is 5.32 Å². The van der Waals surface area contributed by atoms with E-state index in [0.717, 1.165) is 28.6 Å². The monoisotopic (exact) mass is 381 g/mol. The predicted octanol–water partition coefficient (Wildman–Crippen LogP) is 3.61. The number of carbonyl (C=O) groups is 2. The molecule has 1 atom stereocenters. The van der Waals surface area contributed by atoms with Crippen LogP contribution < -0.4 is 10.6 Å². The summed E-state index contributed by atoms with van der Waals surface area (Å²) in [6, 6.07) is 11.3. The molecule has 0 saturated heterocycles. The van der Waals surface area contributed by atoms with Gasteiger partial charge in [0.05, 0.1) is 34.6 Å². The molecule has 0 spiro atoms. The van der Waals surface area contributed by atoms with Gasteiger partial charge >= 0.3 is 0 Å². The summed E-state index contributed by atoms with van der Waals surface area (Å²) in [6.07, 6.45) is 1.66. The van der Waals surface area contributed by atoms with E-state index in [4.69, 9.17) is 4.42 Å². The summed E-state index contributed by atoms with van der Waals surface area (Å²) in [7, 11) is 0. The third kappa shape index (κ3) is 4.23. The van der Waals surface area contributed by atoms with Crippen LogP contribution in [-0.2, 0) is 9.59 Å². The highest BCUT2D eigenvalue weighted by Crippen LogP contribution is 2.36. The van der Waals surface area contributed by atoms with Gasteiger partial charge in [0.2, 0.25) is 11.8 Å². The topological polar surface area (TPSA) is 95.1 Å². The fraction of sp³-hybridized carbons (Fsp3) is 0.250. The Morgan fingerprint density at radius 2 is 2.19 bits per heavy atom. The van der Waals surface area contributed by atoms with Gasteiger partial charge < -0.3 is 15.1 Å². The van der Waals surface area contributed by atoms with Crippen LogP contribution >= 0.6 is 11.8 Å². The molecule has 0 bridgehead atoms. The van der Waals surface area contributed by atoms with E-state index in [1.165, 1.54) is 6.26 Å². The first kappa shape index (κ1) is 18.8. The minimum atomic E-state index is -0.427. The lowest BCUT2D eigenvalue weighted by Gasteiger charge is -2.23. The molecule has 1 aromatic carbocycles. The number of amides is 2. The zero-order valence-corrected chi connectivity index (χ0v) is 15.9. The van der Waals surface area contributed by atoms with Gasteiger partial charge in [0.1, 0.15) is 5.76 Å². The van der Waals surface area contributed by atoms with Gasteiger partial charge in [0.15, 0.2) is 0 Å². The molecule has 2 heterocycles. The maximum absolute atomic E-state index is 12.3. The van der Waals surface area contributed by atoms with Crippen molar-refractivity contribution in [3.63, 3.8) is 0 Å². The van der Waals surface area contributed by atoms with Crippen molar-refractivity contribution in [2.75, 3.05) is 11.1 Å². The van der Waals surface area contributed by atoms with Crippen molar-refractivity contribution in [1.29, 1.82) is 5.26 Å². The molecule has 0 saturated carbocycles. The lowest BCUT2D eigenvalue weighted by atomic mass is 9.92. The Hall–Kier alpha value is -2.98. The van der Waals surface area contributed by atoms with E-state index in [-0.39, 0.29) is 24.0 Å². The molecular formula is C20H19N3O3S. The minimum Gasteiger partial charge on any atom is -0.469 e. The SMILES string of the molecule is Cc1cccc(NC(=O)CSC2=C(C#N)[C@@H](c3ccco3)CC(=O)N2)c1C. The second kappa shape index (κ2) is 8.14. The number of nitriles is 1. The molecule has 1 aliphatic heterocycles. The van der Waals surface area contributed by atoms with Crippen LogP contribution in [0.25, 0.3) is 0 Å². The normalized spacial score (nSPS) is 16.6. The average molecular weight is 381 g/mol. The van der Waals surface area contributed by atoms with E-state index in [0.29, 0.717) is 16.4 Å². The standard InChI is InChI=1S/C20H19N3O3S/c1-12-5-3-6-16(13(12)2)22-19(25)11-27-20-15(10-21)14(9-18(24)23-20)17-7-4-8-26-17/h3-8,14H,9,11H2,1-2H3,(H,22,25)(H,23,24)/t14-/m0/s1. The van der Waals surface area contributed by atoms with Gasteiger partial charge in [-0.1, -0.05) is 23.9 Å². The first-order valence-corrected chi connectivity index (χ1v) is 9.44. The molecule has 1 aliphatic rings. The Kier molecular flexibility index (Phi) is 5.67. The highest BCUT2D eigenvalue weighted by molar-refractivity contribution is 8.03. The Balaban J connectivity index is 1.73. The maximum atomic E-state index is 12.3. The third-order valence-electron chi connectivity index (χ3n) is 4.47. The van der Waals surface area contributed by atoms with Crippen molar-refractivity contribution >= 4 is 29.3 Å². The lowest BCUT2D eigenvalue weighted by molar-refractivity contribution is -0.121. The summed E-state index contributed by atoms with van der Waals surface area (Å²) in [5, 5.41) is 15.6. The highest BCUT2D eigenvalue weighted by atomic mass is 32.2. The van der Waals surface area contributed by atoms with Crippen LogP contribution in [0.3, 0.4) is 0 Å². The number of nitrogens with zero attached hydrogens (tertiary/aromatic N) is 1. The quantitative estimate of drug-likeness (QED) is 0.825. The molecule has 27 heavy (non-hydrogen) atoms. The second-order valence-electron chi connectivity index (χ2n) is 6.26. The Morgan fingerprint density at radius 3 is 2.89 bits per heavy atom. The molecule has 2 amide bonds. The van der Waals surface area contributed by atoms with E-state index >= 15 is 0 Å². The zero-order chi connectivity index (χ0) is 19.4. The Morgan fingerprint density at radius 1 is 1.37 bits per heavy atom. The molecule has 2 aromatic rings. The Labute approximate surface area is 161 Å². The minimum absolute atomic E-state index is 0.0824. The van der Waals surface area contributed by atoms with Crippen LogP contribution in [0.15, 0.2) is 51.6 Å². The largest absolute Gasteiger partial charge is 0.469 e. The molecule has 138 valence electrons. The maximum Gasteiger partial charge on any atom is 0.234 e. The number of hydrogen-bond acceptors (Lipinski definition) is 5. The van der Waals surface area contributed by atoms with E-state index in [2.05, 4.69) is 16.7 Å². The number of aryl methyl sites for hydroxylation is 1. The summed E-state index contributed by atoms with van der Waals surface area (Å²) in [5.74, 6) is -0.178.